The summed E-state index contributed by atoms with van der Waals surface area (Å²) >= 11 is 10.5. The molecule has 4 aromatic rings. The van der Waals surface area contributed by atoms with Gasteiger partial charge in [0.05, 0.1) is 17.1 Å². The third kappa shape index (κ3) is 8.42. The average Bonchev–Trinajstić information content (AvgIpc) is 3.63. The van der Waals surface area contributed by atoms with Crippen LogP contribution >= 0.6 is 39.9 Å². The Hall–Kier alpha value is -4.01. The van der Waals surface area contributed by atoms with Crippen LogP contribution in [0.2, 0.25) is 0 Å². The number of benzene rings is 3. The summed E-state index contributed by atoms with van der Waals surface area (Å²) in [6, 6.07) is 19.0. The molecule has 3 aromatic carbocycles. The number of hydrogen-bond donors (Lipinski definition) is 1. The van der Waals surface area contributed by atoms with E-state index in [9.17, 15) is 18.0 Å². The highest BCUT2D eigenvalue weighted by molar-refractivity contribution is 9.11. The predicted molar refractivity (Wildman–Crippen MR) is 184 cm³/mol. The standard InChI is InChI=1S/C32H28BrF3N6O2S2/c1-19(2)26-12-7-20(3)13-27(26)42-28(43)17-46-31(42)39-30(45)37-16-23(33)15-21-5-4-6-22(14-21)29-38-18-41(40-29)24-8-10-25(11-9-24)44-32(34,35)36/h4-15,18-19H,16-17H2,1-3H3,(H,37,45)/b23-15+,39-31?. The van der Waals surface area contributed by atoms with Gasteiger partial charge in [-0.3, -0.25) is 9.69 Å². The van der Waals surface area contributed by atoms with Gasteiger partial charge in [-0.05, 0) is 84.2 Å². The van der Waals surface area contributed by atoms with Crippen LogP contribution in [0, 0.1) is 6.92 Å². The van der Waals surface area contributed by atoms with Crippen molar-refractivity contribution in [1.82, 2.24) is 20.1 Å². The Kier molecular flexibility index (Phi) is 10.3. The van der Waals surface area contributed by atoms with E-state index in [-0.39, 0.29) is 22.7 Å². The molecule has 0 spiro atoms. The quantitative estimate of drug-likeness (QED) is 0.184. The van der Waals surface area contributed by atoms with Crippen LogP contribution < -0.4 is 15.0 Å². The van der Waals surface area contributed by atoms with Crippen molar-refractivity contribution >= 4 is 67.9 Å². The van der Waals surface area contributed by atoms with Gasteiger partial charge in [-0.2, -0.15) is 4.99 Å². The molecule has 14 heteroatoms. The molecule has 1 fully saturated rings. The lowest BCUT2D eigenvalue weighted by atomic mass is 9.99. The highest BCUT2D eigenvalue weighted by atomic mass is 79.9. The molecule has 1 saturated heterocycles. The maximum Gasteiger partial charge on any atom is 0.573 e. The fraction of sp³-hybridized carbons (Fsp3) is 0.219. The van der Waals surface area contributed by atoms with Crippen LogP contribution in [0.1, 0.15) is 36.5 Å². The summed E-state index contributed by atoms with van der Waals surface area (Å²) in [5.74, 6) is 0.617. The molecule has 0 aliphatic carbocycles. The number of anilines is 1. The van der Waals surface area contributed by atoms with Crippen LogP contribution in [0.15, 0.2) is 82.5 Å². The molecule has 238 valence electrons. The van der Waals surface area contributed by atoms with E-state index in [1.165, 1.54) is 47.0 Å². The number of amidine groups is 1. The molecule has 0 unspecified atom stereocenters. The average molecular weight is 730 g/mol. The van der Waals surface area contributed by atoms with Gasteiger partial charge in [-0.1, -0.05) is 71.9 Å². The third-order valence-corrected chi connectivity index (χ3v) is 8.38. The maximum atomic E-state index is 12.9. The van der Waals surface area contributed by atoms with Gasteiger partial charge in [-0.15, -0.1) is 18.3 Å². The smallest absolute Gasteiger partial charge is 0.406 e. The topological polar surface area (TPSA) is 84.6 Å². The van der Waals surface area contributed by atoms with Gasteiger partial charge in [0.1, 0.15) is 12.1 Å². The zero-order valence-corrected chi connectivity index (χ0v) is 28.1. The second kappa shape index (κ2) is 14.2. The minimum atomic E-state index is -4.76. The third-order valence-electron chi connectivity index (χ3n) is 6.71. The number of halogens is 4. The van der Waals surface area contributed by atoms with Crippen LogP contribution in [0.3, 0.4) is 0 Å². The predicted octanol–water partition coefficient (Wildman–Crippen LogP) is 8.01. The number of thiocarbonyl (C=S) groups is 1. The first-order chi connectivity index (χ1) is 21.9. The number of nitrogens with one attached hydrogen (secondary N) is 1. The summed E-state index contributed by atoms with van der Waals surface area (Å²) in [4.78, 5) is 23.5. The molecule has 2 heterocycles. The SMILES string of the molecule is Cc1ccc(C(C)C)c(N2C(=O)CSC2=NC(=S)NC/C(Br)=C\c2cccc(-c3ncn(-c4ccc(OC(F)(F)F)cc4)n3)c2)c1. The first-order valence-corrected chi connectivity index (χ1v) is 16.2. The Balaban J connectivity index is 1.24. The van der Waals surface area contributed by atoms with Crippen LogP contribution in [0.5, 0.6) is 5.75 Å². The van der Waals surface area contributed by atoms with E-state index in [1.807, 2.05) is 49.4 Å². The van der Waals surface area contributed by atoms with Crippen molar-refractivity contribution in [2.45, 2.75) is 33.1 Å². The van der Waals surface area contributed by atoms with Gasteiger partial charge in [0.15, 0.2) is 16.1 Å². The molecule has 0 atom stereocenters. The van der Waals surface area contributed by atoms with Crippen LogP contribution in [-0.4, -0.2) is 49.6 Å². The summed E-state index contributed by atoms with van der Waals surface area (Å²) in [5.41, 5.74) is 5.11. The van der Waals surface area contributed by atoms with Crippen LogP contribution in [0.25, 0.3) is 23.2 Å². The van der Waals surface area contributed by atoms with E-state index >= 15 is 0 Å². The molecule has 1 N–H and O–H groups in total. The van der Waals surface area contributed by atoms with Crippen molar-refractivity contribution in [3.05, 3.63) is 94.2 Å². The molecule has 5 rings (SSSR count). The Morgan fingerprint density at radius 3 is 2.65 bits per heavy atom. The number of ether oxygens (including phenoxy) is 1. The maximum absolute atomic E-state index is 12.9. The highest BCUT2D eigenvalue weighted by Crippen LogP contribution is 2.34. The van der Waals surface area contributed by atoms with Crippen molar-refractivity contribution < 1.29 is 22.7 Å². The van der Waals surface area contributed by atoms with Crippen LogP contribution in [-0.2, 0) is 4.79 Å². The number of thioether (sulfide) groups is 1. The normalized spacial score (nSPS) is 14.8. The summed E-state index contributed by atoms with van der Waals surface area (Å²) in [7, 11) is 0. The lowest BCUT2D eigenvalue weighted by Crippen LogP contribution is -2.32. The Morgan fingerprint density at radius 1 is 1.17 bits per heavy atom. The Bertz CT molecular complexity index is 1820. The minimum Gasteiger partial charge on any atom is -0.406 e. The number of hydrogen-bond acceptors (Lipinski definition) is 6. The molecular weight excluding hydrogens is 701 g/mol. The molecule has 0 radical (unpaired) electrons. The number of aliphatic imine (C=N–C) groups is 1. The summed E-state index contributed by atoms with van der Waals surface area (Å²) in [5, 5.41) is 8.40. The Morgan fingerprint density at radius 2 is 1.93 bits per heavy atom. The van der Waals surface area contributed by atoms with Crippen molar-refractivity contribution in [3.8, 4) is 22.8 Å². The number of carbonyl (C=O) groups excluding carboxylic acids is 1. The first-order valence-electron chi connectivity index (χ1n) is 14.0. The summed E-state index contributed by atoms with van der Waals surface area (Å²) in [6.07, 6.45) is -1.35. The fourth-order valence-electron chi connectivity index (χ4n) is 4.62. The number of aryl methyl sites for hydroxylation is 1. The number of alkyl halides is 3. The zero-order chi connectivity index (χ0) is 33.0. The zero-order valence-electron chi connectivity index (χ0n) is 24.9. The molecule has 1 aliphatic rings. The number of nitrogens with zero attached hydrogens (tertiary/aromatic N) is 5. The number of carbonyl (C=O) groups is 1. The number of amides is 1. The molecule has 1 amide bonds. The lowest BCUT2D eigenvalue weighted by Gasteiger charge is -2.22. The van der Waals surface area contributed by atoms with Gasteiger partial charge in [0.2, 0.25) is 5.91 Å². The number of rotatable bonds is 8. The second-order valence-electron chi connectivity index (χ2n) is 10.6. The second-order valence-corrected chi connectivity index (χ2v) is 12.9. The van der Waals surface area contributed by atoms with Gasteiger partial charge in [-0.25, -0.2) is 9.67 Å². The van der Waals surface area contributed by atoms with Gasteiger partial charge >= 0.3 is 6.36 Å². The van der Waals surface area contributed by atoms with Crippen molar-refractivity contribution in [1.29, 1.82) is 0 Å². The molecule has 8 nitrogen and oxygen atoms in total. The minimum absolute atomic E-state index is 0.0345. The van der Waals surface area contributed by atoms with E-state index < -0.39 is 6.36 Å². The van der Waals surface area contributed by atoms with Crippen molar-refractivity contribution in [3.63, 3.8) is 0 Å². The summed E-state index contributed by atoms with van der Waals surface area (Å²) < 4.78 is 43.6. The molecule has 1 aromatic heterocycles. The van der Waals surface area contributed by atoms with Crippen molar-refractivity contribution in [2.75, 3.05) is 17.2 Å². The number of aromatic nitrogens is 3. The van der Waals surface area contributed by atoms with Gasteiger partial charge < -0.3 is 10.1 Å². The monoisotopic (exact) mass is 728 g/mol. The first kappa shape index (κ1) is 33.4. The highest BCUT2D eigenvalue weighted by Gasteiger charge is 2.32. The fourth-order valence-corrected chi connectivity index (χ4v) is 6.11. The van der Waals surface area contributed by atoms with E-state index in [0.717, 1.165) is 32.4 Å². The lowest BCUT2D eigenvalue weighted by molar-refractivity contribution is -0.274. The van der Waals surface area contributed by atoms with E-state index in [1.54, 1.807) is 4.90 Å². The molecular formula is C32H28BrF3N6O2S2. The largest absolute Gasteiger partial charge is 0.573 e. The van der Waals surface area contributed by atoms with E-state index in [0.29, 0.717) is 29.0 Å². The molecule has 0 bridgehead atoms. The Labute approximate surface area is 281 Å². The van der Waals surface area contributed by atoms with Crippen LogP contribution in [0.4, 0.5) is 18.9 Å². The van der Waals surface area contributed by atoms with Gasteiger partial charge in [0.25, 0.3) is 0 Å². The molecule has 0 saturated carbocycles. The molecule has 1 aliphatic heterocycles. The van der Waals surface area contributed by atoms with E-state index in [4.69, 9.17) is 12.2 Å². The van der Waals surface area contributed by atoms with E-state index in [2.05, 4.69) is 61.0 Å². The summed E-state index contributed by atoms with van der Waals surface area (Å²) in [6.45, 7) is 6.55. The van der Waals surface area contributed by atoms with Crippen molar-refractivity contribution in [2.24, 2.45) is 4.99 Å². The molecule has 46 heavy (non-hydrogen) atoms. The van der Waals surface area contributed by atoms with Gasteiger partial charge in [0, 0.05) is 16.6 Å².